The molecule has 160 valence electrons. The molecule has 1 aromatic carbocycles. The smallest absolute Gasteiger partial charge is 0.280 e. The lowest BCUT2D eigenvalue weighted by molar-refractivity contribution is 0.151. The Balaban J connectivity index is 1.17. The lowest BCUT2D eigenvalue weighted by Crippen LogP contribution is -2.22. The molecule has 0 radical (unpaired) electrons. The third kappa shape index (κ3) is 2.11. The van der Waals surface area contributed by atoms with E-state index < -0.39 is 6.43 Å². The van der Waals surface area contributed by atoms with Crippen LogP contribution in [0.1, 0.15) is 35.7 Å². The van der Waals surface area contributed by atoms with E-state index in [-0.39, 0.29) is 23.1 Å². The van der Waals surface area contributed by atoms with Gasteiger partial charge in [0.25, 0.3) is 12.0 Å². The molecule has 8 nitrogen and oxygen atoms in total. The Labute approximate surface area is 179 Å². The van der Waals surface area contributed by atoms with E-state index >= 15 is 0 Å². The van der Waals surface area contributed by atoms with E-state index in [9.17, 15) is 13.6 Å². The number of nitrogens with zero attached hydrogens (tertiary/aromatic N) is 6. The van der Waals surface area contributed by atoms with Gasteiger partial charge in [0.15, 0.2) is 17.0 Å². The van der Waals surface area contributed by atoms with Gasteiger partial charge in [-0.25, -0.2) is 18.7 Å². The van der Waals surface area contributed by atoms with E-state index in [1.807, 2.05) is 0 Å². The number of rotatable bonds is 5. The van der Waals surface area contributed by atoms with Crippen LogP contribution in [0.15, 0.2) is 51.8 Å². The monoisotopic (exact) mass is 434 g/mol. The number of fused-ring (bicyclic) bond motifs is 2. The number of hydrogen-bond acceptors (Lipinski definition) is 6. The minimum absolute atomic E-state index is 0.0311. The van der Waals surface area contributed by atoms with Crippen LogP contribution in [0.5, 0.6) is 0 Å². The number of halogens is 2. The molecule has 4 aliphatic carbocycles. The molecule has 32 heavy (non-hydrogen) atoms. The number of alkyl halides is 2. The first-order valence-corrected chi connectivity index (χ1v) is 10.3. The Kier molecular flexibility index (Phi) is 3.23. The molecule has 4 aliphatic rings. The van der Waals surface area contributed by atoms with Crippen LogP contribution in [-0.4, -0.2) is 29.2 Å². The van der Waals surface area contributed by atoms with Crippen molar-refractivity contribution in [3.8, 4) is 0 Å². The quantitative estimate of drug-likeness (QED) is 0.480. The average Bonchev–Trinajstić information content (AvgIpc) is 3.24. The zero-order valence-corrected chi connectivity index (χ0v) is 16.9. The lowest BCUT2D eigenvalue weighted by atomic mass is 10.0. The maximum absolute atomic E-state index is 12.8. The molecule has 3 heterocycles. The van der Waals surface area contributed by atoms with Gasteiger partial charge < -0.3 is 9.09 Å². The molecule has 0 unspecified atom stereocenters. The number of aromatic nitrogens is 6. The van der Waals surface area contributed by atoms with Crippen LogP contribution >= 0.6 is 0 Å². The highest BCUT2D eigenvalue weighted by atomic mass is 19.3. The van der Waals surface area contributed by atoms with Gasteiger partial charge in [0.05, 0.1) is 11.7 Å². The highest BCUT2D eigenvalue weighted by Crippen LogP contribution is 2.90. The number of aryl methyl sites for hydroxylation is 1. The fourth-order valence-corrected chi connectivity index (χ4v) is 5.53. The molecule has 3 atom stereocenters. The SMILES string of the molecule is Cn1cnc2ncn(Cc3nc([C@@]45C6=C(c7ccc(C(F)F)cc7)C[C@@H]4[C@H]65)no3)c(=O)c21. The van der Waals surface area contributed by atoms with Crippen LogP contribution in [0.2, 0.25) is 0 Å². The standard InChI is InChI=1S/C22H16F2N6O2/c1-29-8-25-19-17(29)20(31)30(9-26-19)7-14-27-21(28-32-14)22-13-6-12(15(22)16(13)22)10-2-4-11(5-3-10)18(23)24/h2-5,8-9,13,16,18H,6-7H2,1H3/t13-,16-,22-/m1/s1. The molecule has 2 fully saturated rings. The van der Waals surface area contributed by atoms with Gasteiger partial charge in [-0.15, -0.1) is 0 Å². The normalized spacial score (nSPS) is 25.1. The van der Waals surface area contributed by atoms with Gasteiger partial charge in [0, 0.05) is 18.5 Å². The third-order valence-electron chi connectivity index (χ3n) is 7.15. The van der Waals surface area contributed by atoms with E-state index in [0.29, 0.717) is 34.7 Å². The molecule has 0 spiro atoms. The minimum atomic E-state index is -2.46. The second kappa shape index (κ2) is 5.76. The Hall–Kier alpha value is -3.69. The molecule has 0 N–H and O–H groups in total. The second-order valence-corrected chi connectivity index (χ2v) is 8.69. The first-order chi connectivity index (χ1) is 15.5. The van der Waals surface area contributed by atoms with Crippen LogP contribution in [0, 0.1) is 11.8 Å². The number of allylic oxidation sites excluding steroid dienone is 2. The molecule has 0 amide bonds. The van der Waals surface area contributed by atoms with Crippen molar-refractivity contribution in [2.75, 3.05) is 0 Å². The Bertz CT molecular complexity index is 1520. The van der Waals surface area contributed by atoms with Gasteiger partial charge in [0.1, 0.15) is 12.9 Å². The fourth-order valence-electron chi connectivity index (χ4n) is 5.53. The highest BCUT2D eigenvalue weighted by Gasteiger charge is 2.89. The summed E-state index contributed by atoms with van der Waals surface area (Å²) in [5.41, 5.74) is 3.97. The van der Waals surface area contributed by atoms with Crippen molar-refractivity contribution in [2.24, 2.45) is 18.9 Å². The molecular weight excluding hydrogens is 418 g/mol. The predicted octanol–water partition coefficient (Wildman–Crippen LogP) is 2.85. The van der Waals surface area contributed by atoms with Crippen LogP contribution in [0.3, 0.4) is 0 Å². The van der Waals surface area contributed by atoms with Crippen molar-refractivity contribution in [1.82, 2.24) is 29.2 Å². The summed E-state index contributed by atoms with van der Waals surface area (Å²) in [5.74, 6) is 1.87. The Morgan fingerprint density at radius 1 is 1.22 bits per heavy atom. The first kappa shape index (κ1) is 17.9. The van der Waals surface area contributed by atoms with E-state index in [1.54, 1.807) is 30.1 Å². The molecule has 4 aromatic rings. The van der Waals surface area contributed by atoms with Gasteiger partial charge >= 0.3 is 0 Å². The van der Waals surface area contributed by atoms with E-state index in [4.69, 9.17) is 4.52 Å². The number of hydrogen-bond donors (Lipinski definition) is 0. The van der Waals surface area contributed by atoms with E-state index in [2.05, 4.69) is 20.1 Å². The van der Waals surface area contributed by atoms with Gasteiger partial charge in [-0.2, -0.15) is 4.98 Å². The number of benzene rings is 1. The molecule has 2 bridgehead atoms. The van der Waals surface area contributed by atoms with Crippen molar-refractivity contribution in [1.29, 1.82) is 0 Å². The van der Waals surface area contributed by atoms with Crippen molar-refractivity contribution in [3.63, 3.8) is 0 Å². The molecule has 0 saturated heterocycles. The molecular formula is C22H16F2N6O2. The zero-order chi connectivity index (χ0) is 21.8. The second-order valence-electron chi connectivity index (χ2n) is 8.69. The number of imidazole rings is 1. The van der Waals surface area contributed by atoms with Gasteiger partial charge in [-0.05, 0) is 29.0 Å². The van der Waals surface area contributed by atoms with Crippen molar-refractivity contribution in [3.05, 3.63) is 75.7 Å². The van der Waals surface area contributed by atoms with Gasteiger partial charge in [0.2, 0.25) is 5.89 Å². The summed E-state index contributed by atoms with van der Waals surface area (Å²) in [6.07, 6.45) is 1.42. The molecule has 0 aliphatic heterocycles. The Morgan fingerprint density at radius 3 is 2.75 bits per heavy atom. The summed E-state index contributed by atoms with van der Waals surface area (Å²) < 4.78 is 34.2. The maximum Gasteiger partial charge on any atom is 0.280 e. The van der Waals surface area contributed by atoms with Crippen molar-refractivity contribution >= 4 is 16.7 Å². The maximum atomic E-state index is 12.8. The van der Waals surface area contributed by atoms with E-state index in [0.717, 1.165) is 12.0 Å². The lowest BCUT2D eigenvalue weighted by Gasteiger charge is -2.03. The molecule has 3 aromatic heterocycles. The molecule has 2 saturated carbocycles. The van der Waals surface area contributed by atoms with Crippen LogP contribution < -0.4 is 5.56 Å². The highest BCUT2D eigenvalue weighted by molar-refractivity contribution is 5.90. The topological polar surface area (TPSA) is 91.6 Å². The summed E-state index contributed by atoms with van der Waals surface area (Å²) in [4.78, 5) is 25.6. The summed E-state index contributed by atoms with van der Waals surface area (Å²) in [5, 5.41) is 4.22. The summed E-state index contributed by atoms with van der Waals surface area (Å²) in [6, 6.07) is 6.52. The summed E-state index contributed by atoms with van der Waals surface area (Å²) >= 11 is 0. The fraction of sp³-hybridized carbons (Fsp3) is 0.318. The van der Waals surface area contributed by atoms with E-state index in [1.165, 1.54) is 34.2 Å². The van der Waals surface area contributed by atoms with Crippen molar-refractivity contribution in [2.45, 2.75) is 24.8 Å². The largest absolute Gasteiger partial charge is 0.337 e. The molecule has 10 heteroatoms. The van der Waals surface area contributed by atoms with Crippen LogP contribution in [0.25, 0.3) is 16.7 Å². The minimum Gasteiger partial charge on any atom is -0.337 e. The molecule has 8 rings (SSSR count). The van der Waals surface area contributed by atoms with Crippen LogP contribution in [0.4, 0.5) is 8.78 Å². The van der Waals surface area contributed by atoms with Gasteiger partial charge in [-0.3, -0.25) is 9.36 Å². The summed E-state index contributed by atoms with van der Waals surface area (Å²) in [7, 11) is 1.75. The van der Waals surface area contributed by atoms with Crippen LogP contribution in [-0.2, 0) is 19.0 Å². The Morgan fingerprint density at radius 2 is 2.00 bits per heavy atom. The first-order valence-electron chi connectivity index (χ1n) is 10.3. The predicted molar refractivity (Wildman–Crippen MR) is 108 cm³/mol. The third-order valence-corrected chi connectivity index (χ3v) is 7.15. The van der Waals surface area contributed by atoms with Gasteiger partial charge in [-0.1, -0.05) is 29.4 Å². The van der Waals surface area contributed by atoms with Crippen molar-refractivity contribution < 1.29 is 13.3 Å². The zero-order valence-electron chi connectivity index (χ0n) is 16.9. The summed E-state index contributed by atoms with van der Waals surface area (Å²) in [6.45, 7) is 0.131. The average molecular weight is 434 g/mol.